The van der Waals surface area contributed by atoms with Gasteiger partial charge in [0.05, 0.1) is 33.6 Å². The molecule has 0 spiro atoms. The van der Waals surface area contributed by atoms with Crippen LogP contribution < -0.4 is 0 Å². The molecule has 7 heteroatoms. The fourth-order valence-corrected chi connectivity index (χ4v) is 22.1. The summed E-state index contributed by atoms with van der Waals surface area (Å²) < 4.78 is 28.4. The van der Waals surface area contributed by atoms with E-state index >= 15 is 0 Å². The van der Waals surface area contributed by atoms with Crippen LogP contribution in [0.2, 0.25) is 0 Å². The lowest BCUT2D eigenvalue weighted by Crippen LogP contribution is -2.56. The number of aliphatic hydroxyl groups is 4. The molecule has 8 fully saturated rings. The van der Waals surface area contributed by atoms with E-state index in [2.05, 4.69) is 69.2 Å². The summed E-state index contributed by atoms with van der Waals surface area (Å²) in [7, 11) is -3.60. The van der Waals surface area contributed by atoms with E-state index in [0.717, 1.165) is 86.4 Å². The summed E-state index contributed by atoms with van der Waals surface area (Å²) in [5, 5.41) is 42.8. The van der Waals surface area contributed by atoms with Gasteiger partial charge in [0.2, 0.25) is 0 Å². The highest BCUT2D eigenvalue weighted by molar-refractivity contribution is 7.92. The summed E-state index contributed by atoms with van der Waals surface area (Å²) in [5.41, 5.74) is 0.134. The lowest BCUT2D eigenvalue weighted by atomic mass is 9.43. The zero-order valence-electron chi connectivity index (χ0n) is 47.9. The van der Waals surface area contributed by atoms with Crippen LogP contribution in [0.5, 0.6) is 0 Å². The summed E-state index contributed by atoms with van der Waals surface area (Å²) in [6, 6.07) is 8.94. The van der Waals surface area contributed by atoms with Crippen molar-refractivity contribution in [3.05, 3.63) is 30.3 Å². The van der Waals surface area contributed by atoms with Crippen LogP contribution in [0, 0.1) is 104 Å². The molecule has 0 aliphatic heterocycles. The molecule has 8 saturated carbocycles. The van der Waals surface area contributed by atoms with Gasteiger partial charge in [-0.25, -0.2) is 8.42 Å². The molecule has 0 heterocycles. The van der Waals surface area contributed by atoms with Gasteiger partial charge in [-0.2, -0.15) is 0 Å². The van der Waals surface area contributed by atoms with Gasteiger partial charge in [-0.3, -0.25) is 0 Å². The van der Waals surface area contributed by atoms with Crippen LogP contribution in [0.4, 0.5) is 0 Å². The van der Waals surface area contributed by atoms with E-state index in [4.69, 9.17) is 0 Å². The molecule has 8 aliphatic rings. The molecule has 1 unspecified atom stereocenters. The van der Waals surface area contributed by atoms with Gasteiger partial charge >= 0.3 is 0 Å². The maximum atomic E-state index is 14.2. The Morgan fingerprint density at radius 2 is 0.972 bits per heavy atom. The molecule has 0 saturated heterocycles. The highest BCUT2D eigenvalue weighted by Gasteiger charge is 2.64. The van der Waals surface area contributed by atoms with E-state index < -0.39 is 32.4 Å². The van der Waals surface area contributed by atoms with E-state index in [1.165, 1.54) is 83.5 Å². The smallest absolute Gasteiger partial charge is 0.181 e. The number of benzene rings is 1. The Morgan fingerprint density at radius 3 is 1.44 bits per heavy atom. The molecular formula is C64H108O6S. The first-order chi connectivity index (χ1) is 32.8. The van der Waals surface area contributed by atoms with Crippen molar-refractivity contribution in [2.24, 2.45) is 104 Å². The van der Waals surface area contributed by atoms with Gasteiger partial charge in [-0.05, 0) is 264 Å². The van der Waals surface area contributed by atoms with Crippen molar-refractivity contribution in [3.63, 3.8) is 0 Å². The van der Waals surface area contributed by atoms with Crippen LogP contribution in [0.15, 0.2) is 35.2 Å². The molecule has 0 aromatic heterocycles. The molecule has 406 valence electrons. The topological polar surface area (TPSA) is 115 Å². The number of aliphatic hydroxyl groups excluding tert-OH is 2. The summed E-state index contributed by atoms with van der Waals surface area (Å²) in [5.74, 6) is 8.02. The van der Waals surface area contributed by atoms with E-state index in [1.807, 2.05) is 45.9 Å². The Morgan fingerprint density at radius 1 is 0.535 bits per heavy atom. The highest BCUT2D eigenvalue weighted by Crippen LogP contribution is 2.71. The average molecular weight is 1010 g/mol. The van der Waals surface area contributed by atoms with Crippen molar-refractivity contribution in [2.45, 2.75) is 265 Å². The number of hydrogen-bond donors (Lipinski definition) is 4. The van der Waals surface area contributed by atoms with Crippen molar-refractivity contribution < 1.29 is 28.8 Å². The number of rotatable bonds is 10. The first kappa shape index (κ1) is 56.2. The number of hydrogen-bond acceptors (Lipinski definition) is 6. The van der Waals surface area contributed by atoms with Gasteiger partial charge in [0, 0.05) is 0 Å². The van der Waals surface area contributed by atoms with Gasteiger partial charge in [0.25, 0.3) is 0 Å². The van der Waals surface area contributed by atoms with Crippen LogP contribution in [0.25, 0.3) is 0 Å². The summed E-state index contributed by atoms with van der Waals surface area (Å²) in [4.78, 5) is 0.385. The zero-order chi connectivity index (χ0) is 52.1. The Balaban J connectivity index is 0.000000197. The molecule has 1 aromatic rings. The monoisotopic (exact) mass is 1000 g/mol. The third-order valence-electron chi connectivity index (χ3n) is 24.8. The fourth-order valence-electron chi connectivity index (χ4n) is 20.0. The average Bonchev–Trinajstić information content (AvgIpc) is 3.84. The minimum Gasteiger partial charge on any atom is -0.393 e. The van der Waals surface area contributed by atoms with Gasteiger partial charge in [-0.15, -0.1) is 0 Å². The third-order valence-corrected chi connectivity index (χ3v) is 27.1. The lowest BCUT2D eigenvalue weighted by Gasteiger charge is -2.62. The molecule has 4 N–H and O–H groups in total. The molecule has 6 nitrogen and oxygen atoms in total. The molecule has 1 aromatic carbocycles. The van der Waals surface area contributed by atoms with Gasteiger partial charge in [0.1, 0.15) is 0 Å². The third kappa shape index (κ3) is 10.5. The summed E-state index contributed by atoms with van der Waals surface area (Å²) in [6.07, 6.45) is 23.4. The molecule has 0 bridgehead atoms. The van der Waals surface area contributed by atoms with Crippen molar-refractivity contribution in [1.82, 2.24) is 0 Å². The van der Waals surface area contributed by atoms with E-state index in [1.54, 1.807) is 12.1 Å². The van der Waals surface area contributed by atoms with Crippen molar-refractivity contribution in [1.29, 1.82) is 0 Å². The molecule has 71 heavy (non-hydrogen) atoms. The second-order valence-electron chi connectivity index (χ2n) is 31.0. The van der Waals surface area contributed by atoms with Gasteiger partial charge in [-0.1, -0.05) is 101 Å². The van der Waals surface area contributed by atoms with Crippen molar-refractivity contribution >= 4 is 9.84 Å². The van der Waals surface area contributed by atoms with Crippen LogP contribution in [-0.4, -0.2) is 57.5 Å². The first-order valence-corrected chi connectivity index (χ1v) is 31.4. The van der Waals surface area contributed by atoms with E-state index in [-0.39, 0.29) is 34.7 Å². The lowest BCUT2D eigenvalue weighted by molar-refractivity contribution is -0.148. The molecule has 9 rings (SSSR count). The summed E-state index contributed by atoms with van der Waals surface area (Å²) >= 11 is 0. The highest BCUT2D eigenvalue weighted by atomic mass is 32.2. The van der Waals surface area contributed by atoms with Crippen LogP contribution >= 0.6 is 0 Å². The molecule has 0 radical (unpaired) electrons. The van der Waals surface area contributed by atoms with Crippen LogP contribution in [-0.2, 0) is 9.84 Å². The SMILES string of the molecule is C[C@H](C(C[C@H](O)C(C)(C)C)S(=O)(=O)c1ccccc1)[C@H]1CC[C@H]2[C@@H]3CC[C@H]4C[C@@](C)(O)CC[C@]4(C)[C@H]3CC[C@]12C.C[C@H](CC[C@H](O)C(C)(C)C)[C@H]1CC[C@H]2[C@@H]3CC[C@H]4C[C@@](C)(O)CC[C@]4(C)[C@H]3CC[C@]12C. The Hall–Kier alpha value is -0.990. The maximum Gasteiger partial charge on any atom is 0.181 e. The largest absolute Gasteiger partial charge is 0.393 e. The van der Waals surface area contributed by atoms with Gasteiger partial charge in [0.15, 0.2) is 9.84 Å². The van der Waals surface area contributed by atoms with Crippen LogP contribution in [0.3, 0.4) is 0 Å². The number of sulfone groups is 1. The molecular weight excluding hydrogens is 897 g/mol. The van der Waals surface area contributed by atoms with Gasteiger partial charge < -0.3 is 20.4 Å². The summed E-state index contributed by atoms with van der Waals surface area (Å²) in [6.45, 7) is 31.6. The normalized spacial score (nSPS) is 45.5. The molecule has 8 aliphatic carbocycles. The second kappa shape index (κ2) is 19.8. The standard InChI is InChI=1S/C35H56O4S.C29H52O2/c1-23(30(21-31(36)32(2,3)4)40(38,39)25-11-9-8-10-12-25)27-15-16-28-26-14-13-24-22-33(5,37)19-20-34(24,6)29(26)17-18-35(27,28)7;1-19(8-13-25(30)26(2,3)4)22-11-12-23-21-10-9-20-18-27(5,31)16-17-28(20,6)24(21)14-15-29(22,23)7/h8-12,23-24,26-31,36-37H,13-22H2,1-7H3;19-25,30-31H,8-18H2,1-7H3/t23-,24-,26-,27+,28-,29-,30?,31-,33-,34-,35+;19-,20+,21+,22-,23+,24+,25+,27+,28+,29-/m01/s1. The Kier molecular flexibility index (Phi) is 15.7. The van der Waals surface area contributed by atoms with Crippen molar-refractivity contribution in [3.8, 4) is 0 Å². The maximum absolute atomic E-state index is 14.2. The Bertz CT molecular complexity index is 2090. The minimum absolute atomic E-state index is 0.00137. The quantitative estimate of drug-likeness (QED) is 0.186. The zero-order valence-corrected chi connectivity index (χ0v) is 48.7. The fraction of sp³-hybridized carbons (Fsp3) is 0.906. The second-order valence-corrected chi connectivity index (χ2v) is 33.1. The van der Waals surface area contributed by atoms with E-state index in [0.29, 0.717) is 44.8 Å². The van der Waals surface area contributed by atoms with Crippen molar-refractivity contribution in [2.75, 3.05) is 0 Å². The molecule has 0 amide bonds. The molecule has 21 atom stereocenters. The Labute approximate surface area is 435 Å². The predicted molar refractivity (Wildman–Crippen MR) is 292 cm³/mol. The first-order valence-electron chi connectivity index (χ1n) is 29.9. The minimum atomic E-state index is -3.60. The predicted octanol–water partition coefficient (Wildman–Crippen LogP) is 14.9. The van der Waals surface area contributed by atoms with E-state index in [9.17, 15) is 28.8 Å². The van der Waals surface area contributed by atoms with Crippen LogP contribution in [0.1, 0.15) is 232 Å². The number of fused-ring (bicyclic) bond motifs is 10.